The lowest BCUT2D eigenvalue weighted by Gasteiger charge is -2.34. The standard InChI is InChI=1S/C30H28Cl3N3O3.C25H22Cl3N3O/c1-30(2,3)39-29(38)35-13-11-18(12-14-35)19-15-21(20-7-4-5-8-23(20)31)22-17-34-28(37)36(26(22)16-19)27-24(32)9-6-10-25(27)33;26-20-5-2-1-4-17(20)18-12-16(15-8-10-29-11-9-15)13-23-19(18)14-30-25(32)31(23)24-21(27)6-3-7-22(24)28/h4-11,15-16H,12-14,17H2,1-3H3,(H,34,37);1-7,12-13,15,29H,8-11,14H2,(H,30,32). The maximum atomic E-state index is 13.3. The zero-order valence-corrected chi connectivity index (χ0v) is 43.7. The average molecular weight is 1070 g/mol. The van der Waals surface area contributed by atoms with Crippen LogP contribution in [-0.2, 0) is 17.8 Å². The van der Waals surface area contributed by atoms with E-state index >= 15 is 0 Å². The first kappa shape index (κ1) is 50.5. The van der Waals surface area contributed by atoms with Crippen LogP contribution < -0.4 is 25.8 Å². The number of anilines is 4. The first-order chi connectivity index (χ1) is 34.1. The minimum absolute atomic E-state index is 0.250. The lowest BCUT2D eigenvalue weighted by Crippen LogP contribution is -2.42. The van der Waals surface area contributed by atoms with Gasteiger partial charge in [0.15, 0.2) is 0 Å². The summed E-state index contributed by atoms with van der Waals surface area (Å²) in [5, 5.41) is 12.2. The highest BCUT2D eigenvalue weighted by molar-refractivity contribution is 6.41. The van der Waals surface area contributed by atoms with Gasteiger partial charge in [0, 0.05) is 58.5 Å². The third-order valence-electron chi connectivity index (χ3n) is 12.9. The summed E-state index contributed by atoms with van der Waals surface area (Å²) in [6.45, 7) is 9.17. The van der Waals surface area contributed by atoms with Gasteiger partial charge in [0.1, 0.15) is 5.60 Å². The molecule has 5 amide bonds. The van der Waals surface area contributed by atoms with E-state index < -0.39 is 5.60 Å². The summed E-state index contributed by atoms with van der Waals surface area (Å²) in [4.78, 5) is 43.9. The molecule has 16 heteroatoms. The minimum Gasteiger partial charge on any atom is -0.444 e. The van der Waals surface area contributed by atoms with Crippen molar-refractivity contribution in [2.24, 2.45) is 0 Å². The van der Waals surface area contributed by atoms with Gasteiger partial charge in [0.05, 0.1) is 42.8 Å². The summed E-state index contributed by atoms with van der Waals surface area (Å²) < 4.78 is 5.55. The highest BCUT2D eigenvalue weighted by atomic mass is 35.5. The normalized spacial score (nSPS) is 16.0. The van der Waals surface area contributed by atoms with E-state index in [9.17, 15) is 14.4 Å². The quantitative estimate of drug-likeness (QED) is 0.154. The van der Waals surface area contributed by atoms with Crippen LogP contribution in [0, 0.1) is 0 Å². The maximum Gasteiger partial charge on any atom is 0.410 e. The molecule has 3 N–H and O–H groups in total. The molecule has 6 aromatic carbocycles. The number of amides is 5. The molecular weight excluding hydrogens is 1020 g/mol. The molecule has 0 bridgehead atoms. The van der Waals surface area contributed by atoms with Crippen LogP contribution in [0.3, 0.4) is 0 Å². The molecule has 0 aromatic heterocycles. The summed E-state index contributed by atoms with van der Waals surface area (Å²) in [7, 11) is 0. The van der Waals surface area contributed by atoms with Crippen molar-refractivity contribution < 1.29 is 19.1 Å². The Hall–Kier alpha value is -5.43. The molecule has 4 heterocycles. The van der Waals surface area contributed by atoms with Crippen molar-refractivity contribution in [3.8, 4) is 22.3 Å². The fraction of sp³-hybridized carbons (Fsp3) is 0.255. The van der Waals surface area contributed by atoms with Crippen LogP contribution in [0.25, 0.3) is 27.8 Å². The molecule has 71 heavy (non-hydrogen) atoms. The second kappa shape index (κ2) is 21.3. The van der Waals surface area contributed by atoms with E-state index in [1.165, 1.54) is 10.5 Å². The number of halogens is 6. The number of hydrogen-bond acceptors (Lipinski definition) is 5. The molecule has 0 spiro atoms. The van der Waals surface area contributed by atoms with E-state index in [4.69, 9.17) is 74.3 Å². The van der Waals surface area contributed by atoms with Gasteiger partial charge in [-0.05, 0) is 141 Å². The molecule has 10 nitrogen and oxygen atoms in total. The fourth-order valence-electron chi connectivity index (χ4n) is 9.50. The zero-order valence-electron chi connectivity index (χ0n) is 39.2. The molecule has 0 atom stereocenters. The van der Waals surface area contributed by atoms with Crippen LogP contribution >= 0.6 is 69.6 Å². The summed E-state index contributed by atoms with van der Waals surface area (Å²) in [5.41, 5.74) is 10.6. The van der Waals surface area contributed by atoms with E-state index in [0.717, 1.165) is 76.1 Å². The molecule has 1 fully saturated rings. The number of nitrogens with one attached hydrogen (secondary N) is 3. The summed E-state index contributed by atoms with van der Waals surface area (Å²) in [5.74, 6) is 0.399. The molecule has 4 aliphatic rings. The first-order valence-electron chi connectivity index (χ1n) is 23.3. The number of hydrogen-bond donors (Lipinski definition) is 3. The average Bonchev–Trinajstić information content (AvgIpc) is 3.35. The van der Waals surface area contributed by atoms with Gasteiger partial charge in [-0.25, -0.2) is 14.4 Å². The zero-order chi connectivity index (χ0) is 50.1. The number of fused-ring (bicyclic) bond motifs is 2. The Morgan fingerprint density at radius 1 is 0.606 bits per heavy atom. The Balaban J connectivity index is 0.000000179. The number of nitrogens with zero attached hydrogens (tertiary/aromatic N) is 3. The Bertz CT molecular complexity index is 3060. The van der Waals surface area contributed by atoms with E-state index in [2.05, 4.69) is 34.1 Å². The lowest BCUT2D eigenvalue weighted by molar-refractivity contribution is 0.0270. The second-order valence-electron chi connectivity index (χ2n) is 18.6. The van der Waals surface area contributed by atoms with Gasteiger partial charge in [-0.1, -0.05) is 130 Å². The summed E-state index contributed by atoms with van der Waals surface area (Å²) in [6.07, 6.45) is 4.40. The number of para-hydroxylation sites is 2. The first-order valence-corrected chi connectivity index (χ1v) is 25.6. The van der Waals surface area contributed by atoms with Crippen LogP contribution in [0.5, 0.6) is 0 Å². The summed E-state index contributed by atoms with van der Waals surface area (Å²) >= 11 is 39.5. The van der Waals surface area contributed by atoms with Crippen LogP contribution in [0.4, 0.5) is 37.1 Å². The highest BCUT2D eigenvalue weighted by Crippen LogP contribution is 2.48. The van der Waals surface area contributed by atoms with Crippen molar-refractivity contribution >= 4 is 116 Å². The fourth-order valence-corrected chi connectivity index (χ4v) is 11.1. The number of rotatable bonds is 6. The van der Waals surface area contributed by atoms with Crippen molar-refractivity contribution in [2.45, 2.75) is 64.6 Å². The Morgan fingerprint density at radius 3 is 1.56 bits per heavy atom. The maximum absolute atomic E-state index is 13.3. The molecule has 4 aliphatic heterocycles. The Kier molecular flexibility index (Phi) is 15.2. The highest BCUT2D eigenvalue weighted by Gasteiger charge is 2.34. The minimum atomic E-state index is -0.562. The molecular formula is C55H50Cl6N6O4. The third kappa shape index (κ3) is 10.7. The SMILES string of the molecule is CC(C)(C)OC(=O)N1CC=C(c2cc(-c3ccccc3Cl)c3c(c2)N(c2c(Cl)cccc2Cl)C(=O)NC3)CC1.O=C1NCc2c(-c3ccccc3Cl)cc(C3CCNCC3)cc2N1c1c(Cl)cccc1Cl. The van der Waals surface area contributed by atoms with Crippen molar-refractivity contribution in [2.75, 3.05) is 36.0 Å². The van der Waals surface area contributed by atoms with E-state index in [0.29, 0.717) is 85.7 Å². The number of urea groups is 2. The van der Waals surface area contributed by atoms with E-state index in [1.54, 1.807) is 46.2 Å². The van der Waals surface area contributed by atoms with Crippen LogP contribution in [0.15, 0.2) is 115 Å². The topological polar surface area (TPSA) is 106 Å². The third-order valence-corrected chi connectivity index (χ3v) is 14.8. The van der Waals surface area contributed by atoms with Gasteiger partial charge in [0.25, 0.3) is 0 Å². The summed E-state index contributed by atoms with van der Waals surface area (Å²) in [6, 6.07) is 33.7. The molecule has 0 unspecified atom stereocenters. The van der Waals surface area contributed by atoms with Gasteiger partial charge < -0.3 is 25.6 Å². The van der Waals surface area contributed by atoms with E-state index in [1.807, 2.05) is 81.4 Å². The molecule has 10 rings (SSSR count). The van der Waals surface area contributed by atoms with Gasteiger partial charge in [-0.3, -0.25) is 9.80 Å². The van der Waals surface area contributed by atoms with Crippen LogP contribution in [0.2, 0.25) is 30.1 Å². The van der Waals surface area contributed by atoms with Crippen molar-refractivity contribution in [3.63, 3.8) is 0 Å². The van der Waals surface area contributed by atoms with E-state index in [-0.39, 0.29) is 18.2 Å². The van der Waals surface area contributed by atoms with Crippen LogP contribution in [-0.4, -0.2) is 54.8 Å². The number of carbonyl (C=O) groups excluding carboxylic acids is 3. The van der Waals surface area contributed by atoms with Gasteiger partial charge in [0.2, 0.25) is 0 Å². The van der Waals surface area contributed by atoms with Crippen molar-refractivity contribution in [1.82, 2.24) is 20.9 Å². The number of piperidine rings is 1. The molecule has 0 saturated carbocycles. The molecule has 0 radical (unpaired) electrons. The number of ether oxygens (including phenoxy) is 1. The molecule has 0 aliphatic carbocycles. The number of carbonyl (C=O) groups is 3. The smallest absolute Gasteiger partial charge is 0.410 e. The Morgan fingerprint density at radius 2 is 1.08 bits per heavy atom. The predicted octanol–water partition coefficient (Wildman–Crippen LogP) is 15.8. The predicted molar refractivity (Wildman–Crippen MR) is 291 cm³/mol. The second-order valence-corrected chi connectivity index (χ2v) is 21.0. The van der Waals surface area contributed by atoms with Gasteiger partial charge in [-0.2, -0.15) is 0 Å². The largest absolute Gasteiger partial charge is 0.444 e. The van der Waals surface area contributed by atoms with Gasteiger partial charge >= 0.3 is 18.2 Å². The monoisotopic (exact) mass is 1070 g/mol. The Labute approximate surface area is 443 Å². The number of benzene rings is 6. The van der Waals surface area contributed by atoms with Crippen LogP contribution in [0.1, 0.15) is 68.2 Å². The van der Waals surface area contributed by atoms with Gasteiger partial charge in [-0.15, -0.1) is 0 Å². The van der Waals surface area contributed by atoms with Crippen molar-refractivity contribution in [1.29, 1.82) is 0 Å². The van der Waals surface area contributed by atoms with Crippen molar-refractivity contribution in [3.05, 3.63) is 168 Å². The molecule has 1 saturated heterocycles. The molecule has 366 valence electrons. The lowest BCUT2D eigenvalue weighted by atomic mass is 9.85. The molecule has 6 aromatic rings.